The molecular weight excluding hydrogens is 352 g/mol. The lowest BCUT2D eigenvalue weighted by atomic mass is 10.0. The van der Waals surface area contributed by atoms with Crippen LogP contribution >= 0.6 is 12.2 Å². The van der Waals surface area contributed by atoms with Crippen molar-refractivity contribution in [3.63, 3.8) is 0 Å². The Morgan fingerprint density at radius 2 is 1.62 bits per heavy atom. The van der Waals surface area contributed by atoms with Crippen LogP contribution in [0.1, 0.15) is 19.4 Å². The third-order valence-electron chi connectivity index (χ3n) is 3.74. The number of nitro benzene ring substituents is 1. The van der Waals surface area contributed by atoms with E-state index in [-0.39, 0.29) is 22.4 Å². The molecule has 26 heavy (non-hydrogen) atoms. The molecule has 136 valence electrons. The Labute approximate surface area is 157 Å². The summed E-state index contributed by atoms with van der Waals surface area (Å²) < 4.78 is 0. The Bertz CT molecular complexity index is 852. The molecule has 8 heteroatoms. The van der Waals surface area contributed by atoms with Crippen LogP contribution in [-0.4, -0.2) is 21.5 Å². The maximum Gasteiger partial charge on any atom is 0.292 e. The fraction of sp³-hybridized carbons (Fsp3) is 0.222. The van der Waals surface area contributed by atoms with E-state index >= 15 is 0 Å². The number of benzene rings is 2. The molecule has 0 saturated carbocycles. The molecule has 3 N–H and O–H groups in total. The summed E-state index contributed by atoms with van der Waals surface area (Å²) in [5.41, 5.74) is 0.779. The Kier molecular flexibility index (Phi) is 5.89. The van der Waals surface area contributed by atoms with E-state index in [0.29, 0.717) is 5.69 Å². The summed E-state index contributed by atoms with van der Waals surface area (Å²) in [6.07, 6.45) is 0. The number of nitro groups is 1. The number of para-hydroxylation sites is 3. The van der Waals surface area contributed by atoms with Gasteiger partial charge in [-0.05, 0) is 50.7 Å². The molecule has 0 aliphatic rings. The van der Waals surface area contributed by atoms with Gasteiger partial charge in [-0.3, -0.25) is 14.9 Å². The van der Waals surface area contributed by atoms with Crippen LogP contribution in [0.15, 0.2) is 48.5 Å². The third-order valence-corrected chi connectivity index (χ3v) is 3.94. The highest BCUT2D eigenvalue weighted by molar-refractivity contribution is 7.80. The van der Waals surface area contributed by atoms with Crippen molar-refractivity contribution in [1.82, 2.24) is 5.32 Å². The van der Waals surface area contributed by atoms with Crippen LogP contribution in [-0.2, 0) is 4.79 Å². The van der Waals surface area contributed by atoms with Crippen LogP contribution < -0.4 is 16.0 Å². The molecule has 0 aliphatic carbocycles. The van der Waals surface area contributed by atoms with E-state index < -0.39 is 10.5 Å². The van der Waals surface area contributed by atoms with Gasteiger partial charge in [-0.1, -0.05) is 30.3 Å². The van der Waals surface area contributed by atoms with E-state index in [1.807, 2.05) is 31.2 Å². The molecule has 7 nitrogen and oxygen atoms in total. The Morgan fingerprint density at radius 3 is 2.23 bits per heavy atom. The van der Waals surface area contributed by atoms with E-state index in [1.54, 1.807) is 32.0 Å². The summed E-state index contributed by atoms with van der Waals surface area (Å²) in [7, 11) is 0. The monoisotopic (exact) mass is 372 g/mol. The number of carbonyl (C=O) groups is 1. The first kappa shape index (κ1) is 19.3. The van der Waals surface area contributed by atoms with Gasteiger partial charge in [0.1, 0.15) is 11.2 Å². The molecule has 0 unspecified atom stereocenters. The van der Waals surface area contributed by atoms with Gasteiger partial charge in [-0.25, -0.2) is 0 Å². The zero-order valence-corrected chi connectivity index (χ0v) is 15.5. The highest BCUT2D eigenvalue weighted by Crippen LogP contribution is 2.23. The average molecular weight is 372 g/mol. The molecule has 0 spiro atoms. The molecule has 0 radical (unpaired) electrons. The highest BCUT2D eigenvalue weighted by Gasteiger charge is 2.29. The second kappa shape index (κ2) is 7.92. The van der Waals surface area contributed by atoms with E-state index in [2.05, 4.69) is 16.0 Å². The second-order valence-corrected chi connectivity index (χ2v) is 6.66. The predicted octanol–water partition coefficient (Wildman–Crippen LogP) is 3.61. The smallest absolute Gasteiger partial charge is 0.292 e. The van der Waals surface area contributed by atoms with Crippen LogP contribution in [0, 0.1) is 17.0 Å². The molecule has 2 rings (SSSR count). The van der Waals surface area contributed by atoms with Gasteiger partial charge in [-0.15, -0.1) is 0 Å². The molecule has 0 fully saturated rings. The molecule has 0 aromatic heterocycles. The minimum absolute atomic E-state index is 0.0983. The van der Waals surface area contributed by atoms with E-state index in [4.69, 9.17) is 12.2 Å². The summed E-state index contributed by atoms with van der Waals surface area (Å²) in [5, 5.41) is 19.7. The minimum atomic E-state index is -1.03. The standard InChI is InChI=1S/C18H20N4O3S/c1-12-8-4-5-9-13(12)19-16(23)18(2,3)21-17(26)20-14-10-6-7-11-15(14)22(24)25/h4-11H,1-3H3,(H,19,23)(H2,20,21,26). The number of nitrogens with one attached hydrogen (secondary N) is 3. The van der Waals surface area contributed by atoms with Gasteiger partial charge < -0.3 is 16.0 Å². The van der Waals surface area contributed by atoms with Gasteiger partial charge in [0.05, 0.1) is 4.92 Å². The van der Waals surface area contributed by atoms with Gasteiger partial charge >= 0.3 is 0 Å². The van der Waals surface area contributed by atoms with Crippen LogP contribution in [0.25, 0.3) is 0 Å². The zero-order chi connectivity index (χ0) is 19.3. The number of rotatable bonds is 5. The highest BCUT2D eigenvalue weighted by atomic mass is 32.1. The van der Waals surface area contributed by atoms with E-state index in [9.17, 15) is 14.9 Å². The molecule has 2 aromatic rings. The van der Waals surface area contributed by atoms with Gasteiger partial charge in [0, 0.05) is 11.8 Å². The van der Waals surface area contributed by atoms with Gasteiger partial charge in [0.25, 0.3) is 5.69 Å². The Morgan fingerprint density at radius 1 is 1.04 bits per heavy atom. The summed E-state index contributed by atoms with van der Waals surface area (Å²) in [6.45, 7) is 5.25. The fourth-order valence-corrected chi connectivity index (χ4v) is 2.59. The summed E-state index contributed by atoms with van der Waals surface area (Å²) in [5.74, 6) is -0.279. The van der Waals surface area contributed by atoms with E-state index in [0.717, 1.165) is 5.56 Å². The maximum absolute atomic E-state index is 12.6. The normalized spacial score (nSPS) is 10.7. The number of carbonyl (C=O) groups excluding carboxylic acids is 1. The summed E-state index contributed by atoms with van der Waals surface area (Å²) >= 11 is 5.22. The number of aryl methyl sites for hydroxylation is 1. The average Bonchev–Trinajstić information content (AvgIpc) is 2.56. The third kappa shape index (κ3) is 4.76. The van der Waals surface area contributed by atoms with E-state index in [1.165, 1.54) is 6.07 Å². The molecule has 0 heterocycles. The molecule has 0 atom stereocenters. The van der Waals surface area contributed by atoms with Crippen molar-refractivity contribution in [3.05, 3.63) is 64.2 Å². The van der Waals surface area contributed by atoms with Crippen LogP contribution in [0.2, 0.25) is 0 Å². The number of hydrogen-bond acceptors (Lipinski definition) is 4. The van der Waals surface area contributed by atoms with Gasteiger partial charge in [0.2, 0.25) is 5.91 Å². The first-order valence-corrected chi connectivity index (χ1v) is 8.31. The molecule has 2 aromatic carbocycles. The Balaban J connectivity index is 2.06. The second-order valence-electron chi connectivity index (χ2n) is 6.25. The van der Waals surface area contributed by atoms with Crippen molar-refractivity contribution in [3.8, 4) is 0 Å². The minimum Gasteiger partial charge on any atom is -0.349 e. The summed E-state index contributed by atoms with van der Waals surface area (Å²) in [6, 6.07) is 13.6. The molecule has 0 saturated heterocycles. The van der Waals surface area contributed by atoms with Crippen molar-refractivity contribution < 1.29 is 9.72 Å². The number of nitrogens with zero attached hydrogens (tertiary/aromatic N) is 1. The molecule has 1 amide bonds. The fourth-order valence-electron chi connectivity index (χ4n) is 2.22. The lowest BCUT2D eigenvalue weighted by Gasteiger charge is -2.27. The number of thiocarbonyl (C=S) groups is 1. The predicted molar refractivity (Wildman–Crippen MR) is 106 cm³/mol. The first-order valence-electron chi connectivity index (χ1n) is 7.90. The number of amides is 1. The van der Waals surface area contributed by atoms with Crippen molar-refractivity contribution >= 4 is 40.3 Å². The lowest BCUT2D eigenvalue weighted by Crippen LogP contribution is -2.53. The first-order chi connectivity index (χ1) is 12.2. The van der Waals surface area contributed by atoms with Crippen LogP contribution in [0.3, 0.4) is 0 Å². The topological polar surface area (TPSA) is 96.3 Å². The Hall–Kier alpha value is -3.00. The molecule has 0 bridgehead atoms. The van der Waals surface area contributed by atoms with Crippen LogP contribution in [0.4, 0.5) is 17.1 Å². The zero-order valence-electron chi connectivity index (χ0n) is 14.7. The molecular formula is C18H20N4O3S. The van der Waals surface area contributed by atoms with Gasteiger partial charge in [0.15, 0.2) is 5.11 Å². The maximum atomic E-state index is 12.6. The largest absolute Gasteiger partial charge is 0.349 e. The lowest BCUT2D eigenvalue weighted by molar-refractivity contribution is -0.383. The van der Waals surface area contributed by atoms with Crippen LogP contribution in [0.5, 0.6) is 0 Å². The quantitative estimate of drug-likeness (QED) is 0.421. The van der Waals surface area contributed by atoms with Crippen molar-refractivity contribution in [1.29, 1.82) is 0 Å². The summed E-state index contributed by atoms with van der Waals surface area (Å²) in [4.78, 5) is 23.2. The number of hydrogen-bond donors (Lipinski definition) is 3. The van der Waals surface area contributed by atoms with Gasteiger partial charge in [-0.2, -0.15) is 0 Å². The van der Waals surface area contributed by atoms with Crippen molar-refractivity contribution in [2.75, 3.05) is 10.6 Å². The number of anilines is 2. The van der Waals surface area contributed by atoms with Crippen molar-refractivity contribution in [2.24, 2.45) is 0 Å². The molecule has 0 aliphatic heterocycles. The SMILES string of the molecule is Cc1ccccc1NC(=O)C(C)(C)NC(=S)Nc1ccccc1[N+](=O)[O-]. The van der Waals surface area contributed by atoms with Crippen molar-refractivity contribution in [2.45, 2.75) is 26.3 Å².